The minimum Gasteiger partial charge on any atom is -0.0924 e. The van der Waals surface area contributed by atoms with Crippen molar-refractivity contribution in [3.8, 4) is 0 Å². The molecule has 0 nitrogen and oxygen atoms in total. The average Bonchev–Trinajstić information content (AvgIpc) is 2.05. The molecular formula is C8H9Br. The van der Waals surface area contributed by atoms with Crippen molar-refractivity contribution in [1.82, 2.24) is 0 Å². The highest BCUT2D eigenvalue weighted by atomic mass is 79.9. The van der Waals surface area contributed by atoms with Crippen molar-refractivity contribution < 1.29 is 1.37 Å². The molecule has 0 aliphatic carbocycles. The summed E-state index contributed by atoms with van der Waals surface area (Å²) in [4.78, 5) is 0. The van der Waals surface area contributed by atoms with Crippen LogP contribution in [0.3, 0.4) is 0 Å². The summed E-state index contributed by atoms with van der Waals surface area (Å²) >= 11 is 3.26. The number of hydrogen-bond donors (Lipinski definition) is 0. The number of alkyl halides is 1. The molecule has 0 amide bonds. The van der Waals surface area contributed by atoms with Gasteiger partial charge in [0.2, 0.25) is 0 Å². The molecule has 0 bridgehead atoms. The lowest BCUT2D eigenvalue weighted by molar-refractivity contribution is 1.17. The molecule has 0 aliphatic rings. The number of halogens is 1. The Bertz CT molecular complexity index is 186. The maximum Gasteiger partial charge on any atom is 0.0325 e. The molecule has 0 radical (unpaired) electrons. The quantitative estimate of drug-likeness (QED) is 0.622. The highest BCUT2D eigenvalue weighted by Crippen LogP contribution is 2.00. The Labute approximate surface area is 65.4 Å². The molecule has 0 saturated heterocycles. The lowest BCUT2D eigenvalue weighted by Gasteiger charge is -1.92. The van der Waals surface area contributed by atoms with Crippen LogP contribution in [0.2, 0.25) is 0 Å². The first-order valence-electron chi connectivity index (χ1n) is 3.45. The Morgan fingerprint density at radius 2 is 2.00 bits per heavy atom. The van der Waals surface area contributed by atoms with Gasteiger partial charge in [0.25, 0.3) is 0 Å². The van der Waals surface area contributed by atoms with Gasteiger partial charge < -0.3 is 0 Å². The maximum atomic E-state index is 7.51. The molecule has 0 heterocycles. The molecule has 1 aromatic rings. The fourth-order valence-corrected chi connectivity index (χ4v) is 1.05. The largest absolute Gasteiger partial charge is 0.0924 e. The first-order chi connectivity index (χ1) is 4.84. The third kappa shape index (κ3) is 2.19. The molecule has 1 unspecified atom stereocenters. The summed E-state index contributed by atoms with van der Waals surface area (Å²) in [6, 6.07) is 9.82. The van der Waals surface area contributed by atoms with E-state index in [-0.39, 0.29) is 6.40 Å². The second-order valence-electron chi connectivity index (χ2n) is 1.77. The Hall–Kier alpha value is -0.300. The van der Waals surface area contributed by atoms with E-state index in [1.807, 2.05) is 30.3 Å². The first kappa shape index (κ1) is 5.48. The third-order valence-electron chi connectivity index (χ3n) is 1.11. The van der Waals surface area contributed by atoms with Gasteiger partial charge in [-0.1, -0.05) is 46.3 Å². The van der Waals surface area contributed by atoms with Gasteiger partial charge in [-0.15, -0.1) is 0 Å². The van der Waals surface area contributed by atoms with E-state index < -0.39 is 0 Å². The van der Waals surface area contributed by atoms with Crippen molar-refractivity contribution in [2.24, 2.45) is 0 Å². The molecule has 1 heteroatoms. The van der Waals surface area contributed by atoms with Crippen molar-refractivity contribution in [1.29, 1.82) is 0 Å². The summed E-state index contributed by atoms with van der Waals surface area (Å²) in [5.74, 6) is 0. The Morgan fingerprint density at radius 3 is 2.56 bits per heavy atom. The van der Waals surface area contributed by atoms with Crippen LogP contribution in [0.4, 0.5) is 0 Å². The molecule has 9 heavy (non-hydrogen) atoms. The molecule has 0 aromatic heterocycles. The Balaban J connectivity index is 2.75. The number of rotatable bonds is 2. The second kappa shape index (κ2) is 3.67. The normalized spacial score (nSPS) is 14.6. The molecule has 0 aliphatic heterocycles. The van der Waals surface area contributed by atoms with Crippen LogP contribution in [-0.4, -0.2) is 5.33 Å². The van der Waals surface area contributed by atoms with Gasteiger partial charge in [-0.25, -0.2) is 0 Å². The van der Waals surface area contributed by atoms with E-state index in [1.165, 1.54) is 0 Å². The van der Waals surface area contributed by atoms with Crippen LogP contribution in [0.15, 0.2) is 30.3 Å². The molecule has 0 fully saturated rings. The molecule has 0 spiro atoms. The van der Waals surface area contributed by atoms with E-state index in [4.69, 9.17) is 1.37 Å². The van der Waals surface area contributed by atoms with Crippen molar-refractivity contribution in [2.75, 3.05) is 5.33 Å². The number of hydrogen-bond acceptors (Lipinski definition) is 0. The van der Waals surface area contributed by atoms with E-state index in [2.05, 4.69) is 15.9 Å². The van der Waals surface area contributed by atoms with Crippen LogP contribution in [0.5, 0.6) is 0 Å². The second-order valence-corrected chi connectivity index (χ2v) is 2.42. The number of aryl methyl sites for hydroxylation is 1. The summed E-state index contributed by atoms with van der Waals surface area (Å²) in [6.07, 6.45) is -0.124. The van der Waals surface area contributed by atoms with Crippen molar-refractivity contribution >= 4 is 15.9 Å². The summed E-state index contributed by atoms with van der Waals surface area (Å²) < 4.78 is 7.51. The number of benzene rings is 1. The molecule has 1 atom stereocenters. The van der Waals surface area contributed by atoms with E-state index >= 15 is 0 Å². The van der Waals surface area contributed by atoms with Crippen LogP contribution < -0.4 is 0 Å². The standard InChI is InChI=1S/C8H9Br/c9-7-6-8-4-2-1-3-5-8/h1-5H,6-7H2/i6D. The molecule has 0 N–H and O–H groups in total. The zero-order valence-corrected chi connectivity index (χ0v) is 6.64. The Kier molecular flexibility index (Phi) is 2.24. The van der Waals surface area contributed by atoms with Crippen LogP contribution in [-0.2, 0) is 6.40 Å². The third-order valence-corrected chi connectivity index (χ3v) is 1.44. The fourth-order valence-electron chi connectivity index (χ4n) is 0.678. The lowest BCUT2D eigenvalue weighted by Crippen LogP contribution is -1.82. The van der Waals surface area contributed by atoms with Gasteiger partial charge in [0, 0.05) is 6.70 Å². The smallest absolute Gasteiger partial charge is 0.0325 e. The monoisotopic (exact) mass is 185 g/mol. The van der Waals surface area contributed by atoms with Gasteiger partial charge in [0.1, 0.15) is 0 Å². The van der Waals surface area contributed by atoms with Crippen molar-refractivity contribution in [2.45, 2.75) is 6.40 Å². The van der Waals surface area contributed by atoms with Crippen LogP contribution in [0.1, 0.15) is 6.93 Å². The van der Waals surface area contributed by atoms with Crippen LogP contribution in [0, 0.1) is 0 Å². The predicted octanol–water partition coefficient (Wildman–Crippen LogP) is 2.62. The van der Waals surface area contributed by atoms with Crippen molar-refractivity contribution in [3.63, 3.8) is 0 Å². The zero-order valence-electron chi connectivity index (χ0n) is 6.05. The SMILES string of the molecule is [2H]C(CBr)c1ccccc1. The Morgan fingerprint density at radius 1 is 1.33 bits per heavy atom. The van der Waals surface area contributed by atoms with E-state index in [0.717, 1.165) is 5.56 Å². The van der Waals surface area contributed by atoms with Gasteiger partial charge in [-0.05, 0) is 12.0 Å². The first-order valence-corrected chi connectivity index (χ1v) is 4.00. The van der Waals surface area contributed by atoms with Gasteiger partial charge in [-0.3, -0.25) is 0 Å². The maximum absolute atomic E-state index is 7.51. The van der Waals surface area contributed by atoms with Gasteiger partial charge >= 0.3 is 0 Å². The average molecular weight is 186 g/mol. The lowest BCUT2D eigenvalue weighted by atomic mass is 10.2. The molecule has 1 rings (SSSR count). The topological polar surface area (TPSA) is 0 Å². The van der Waals surface area contributed by atoms with E-state index in [0.29, 0.717) is 5.33 Å². The highest BCUT2D eigenvalue weighted by molar-refractivity contribution is 9.09. The minimum absolute atomic E-state index is 0.124. The summed E-state index contributed by atoms with van der Waals surface area (Å²) in [6.45, 7) is 0. The molecule has 48 valence electrons. The van der Waals surface area contributed by atoms with E-state index in [1.54, 1.807) is 0 Å². The molecule has 0 saturated carbocycles. The summed E-state index contributed by atoms with van der Waals surface area (Å²) in [5.41, 5.74) is 1.07. The zero-order chi connectivity index (χ0) is 7.40. The van der Waals surface area contributed by atoms with Crippen molar-refractivity contribution in [3.05, 3.63) is 35.9 Å². The minimum atomic E-state index is -0.124. The van der Waals surface area contributed by atoms with Gasteiger partial charge in [0.15, 0.2) is 0 Å². The van der Waals surface area contributed by atoms with Crippen LogP contribution >= 0.6 is 15.9 Å². The summed E-state index contributed by atoms with van der Waals surface area (Å²) in [5, 5.41) is 0.705. The summed E-state index contributed by atoms with van der Waals surface area (Å²) in [7, 11) is 0. The van der Waals surface area contributed by atoms with Gasteiger partial charge in [-0.2, -0.15) is 0 Å². The van der Waals surface area contributed by atoms with Crippen LogP contribution in [0.25, 0.3) is 0 Å². The molecule has 1 aromatic carbocycles. The van der Waals surface area contributed by atoms with Gasteiger partial charge in [0.05, 0.1) is 0 Å². The fraction of sp³-hybridized carbons (Fsp3) is 0.250. The highest BCUT2D eigenvalue weighted by Gasteiger charge is 1.85. The molecular weight excluding hydrogens is 176 g/mol. The van der Waals surface area contributed by atoms with E-state index in [9.17, 15) is 0 Å². The predicted molar refractivity (Wildman–Crippen MR) is 43.9 cm³/mol.